The van der Waals surface area contributed by atoms with Gasteiger partial charge in [0.1, 0.15) is 23.7 Å². The lowest BCUT2D eigenvalue weighted by atomic mass is 9.95. The lowest BCUT2D eigenvalue weighted by Crippen LogP contribution is -2.45. The summed E-state index contributed by atoms with van der Waals surface area (Å²) in [5, 5.41) is 14.6. The topological polar surface area (TPSA) is 225 Å². The number of carbonyl (C=O) groups is 3. The number of benzene rings is 2. The van der Waals surface area contributed by atoms with Gasteiger partial charge in [-0.25, -0.2) is 4.79 Å². The van der Waals surface area contributed by atoms with E-state index in [-0.39, 0.29) is 72.1 Å². The molecule has 0 bridgehead atoms. The Kier molecular flexibility index (Phi) is 9.98. The summed E-state index contributed by atoms with van der Waals surface area (Å²) in [5.41, 5.74) is 7.44. The molecule has 0 saturated heterocycles. The van der Waals surface area contributed by atoms with Crippen LogP contribution in [0.5, 0.6) is 23.0 Å². The number of aromatic nitrogens is 2. The summed E-state index contributed by atoms with van der Waals surface area (Å²) in [6.45, 7) is 3.74. The van der Waals surface area contributed by atoms with E-state index < -0.39 is 34.1 Å². The standard InChI is InChI=1S/C32H39N5O11S/c1-15(2)25(33)30(39)34-7-8-47-28-24(44-3)10-16-9-20(35-26(16)29(28)45-4)31(40)37-14-17(48-49(6,42)43)11-18-19-12-21(32(41)46-5)36-27(19)23(38)13-22(18)37/h9-10,12-13,15,17,25,35-36,38H,7-8,11,14,33H2,1-6H3,(H,34,39)/t17-,25?/m0/s1. The van der Waals surface area contributed by atoms with E-state index in [4.69, 9.17) is 28.9 Å². The van der Waals surface area contributed by atoms with Crippen molar-refractivity contribution in [2.45, 2.75) is 32.4 Å². The van der Waals surface area contributed by atoms with E-state index in [1.165, 1.54) is 38.4 Å². The Hall–Kier alpha value is -5.00. The maximum absolute atomic E-state index is 14.2. The predicted molar refractivity (Wildman–Crippen MR) is 179 cm³/mol. The largest absolute Gasteiger partial charge is 0.506 e. The van der Waals surface area contributed by atoms with Gasteiger partial charge in [-0.1, -0.05) is 13.8 Å². The van der Waals surface area contributed by atoms with Gasteiger partial charge in [-0.05, 0) is 29.7 Å². The fourth-order valence-electron chi connectivity index (χ4n) is 5.79. The van der Waals surface area contributed by atoms with E-state index in [9.17, 15) is 27.9 Å². The fraction of sp³-hybridized carbons (Fsp3) is 0.406. The zero-order chi connectivity index (χ0) is 35.8. The van der Waals surface area contributed by atoms with Crippen LogP contribution >= 0.6 is 0 Å². The minimum absolute atomic E-state index is 0.0374. The van der Waals surface area contributed by atoms with Crippen molar-refractivity contribution < 1.29 is 51.0 Å². The van der Waals surface area contributed by atoms with Crippen LogP contribution in [0.4, 0.5) is 5.69 Å². The number of nitrogens with one attached hydrogen (secondary N) is 3. The normalized spacial score (nSPS) is 15.3. The van der Waals surface area contributed by atoms with Gasteiger partial charge < -0.3 is 50.0 Å². The quantitative estimate of drug-likeness (QED) is 0.0814. The van der Waals surface area contributed by atoms with Gasteiger partial charge in [-0.2, -0.15) is 8.42 Å². The van der Waals surface area contributed by atoms with Gasteiger partial charge in [0.15, 0.2) is 11.5 Å². The monoisotopic (exact) mass is 701 g/mol. The maximum atomic E-state index is 14.2. The number of fused-ring (bicyclic) bond motifs is 4. The molecule has 0 spiro atoms. The SMILES string of the molecule is COC(=O)c1cc2c3c(cc(O)c2[nH]1)N(C(=O)c1cc2cc(OC)c(OCCNC(=O)C(N)C(C)C)c(OC)c2[nH]1)C[C@@H](OS(C)(=O)=O)C3. The number of esters is 1. The van der Waals surface area contributed by atoms with Gasteiger partial charge in [-0.3, -0.25) is 13.8 Å². The van der Waals surface area contributed by atoms with Gasteiger partial charge in [-0.15, -0.1) is 0 Å². The second-order valence-corrected chi connectivity index (χ2v) is 13.5. The number of H-pyrrole nitrogens is 2. The Morgan fingerprint density at radius 2 is 1.76 bits per heavy atom. The van der Waals surface area contributed by atoms with E-state index in [0.29, 0.717) is 33.3 Å². The first-order valence-electron chi connectivity index (χ1n) is 15.3. The molecule has 6 N–H and O–H groups in total. The fourth-order valence-corrected chi connectivity index (χ4v) is 6.41. The van der Waals surface area contributed by atoms with Gasteiger partial charge in [0.05, 0.1) is 69.5 Å². The van der Waals surface area contributed by atoms with E-state index in [2.05, 4.69) is 15.3 Å². The summed E-state index contributed by atoms with van der Waals surface area (Å²) < 4.78 is 51.7. The first-order valence-corrected chi connectivity index (χ1v) is 17.1. The van der Waals surface area contributed by atoms with E-state index in [0.717, 1.165) is 6.26 Å². The number of hydrogen-bond donors (Lipinski definition) is 5. The highest BCUT2D eigenvalue weighted by molar-refractivity contribution is 7.86. The average Bonchev–Trinajstić information content (AvgIpc) is 3.70. The number of phenolic OH excluding ortho intramolecular Hbond substituents is 1. The molecule has 0 saturated carbocycles. The van der Waals surface area contributed by atoms with Crippen LogP contribution in [-0.2, 0) is 30.3 Å². The number of anilines is 1. The third-order valence-electron chi connectivity index (χ3n) is 8.17. The summed E-state index contributed by atoms with van der Waals surface area (Å²) >= 11 is 0. The van der Waals surface area contributed by atoms with Crippen molar-refractivity contribution in [2.75, 3.05) is 52.2 Å². The van der Waals surface area contributed by atoms with E-state index in [1.807, 2.05) is 13.8 Å². The number of phenols is 1. The maximum Gasteiger partial charge on any atom is 0.354 e. The van der Waals surface area contributed by atoms with Gasteiger partial charge >= 0.3 is 5.97 Å². The Morgan fingerprint density at radius 1 is 1.04 bits per heavy atom. The summed E-state index contributed by atoms with van der Waals surface area (Å²) in [6.07, 6.45) is -0.00703. The molecule has 5 rings (SSSR count). The Morgan fingerprint density at radius 3 is 2.39 bits per heavy atom. The van der Waals surface area contributed by atoms with Crippen molar-refractivity contribution in [1.82, 2.24) is 15.3 Å². The minimum Gasteiger partial charge on any atom is -0.506 e. The van der Waals surface area contributed by atoms with Crippen molar-refractivity contribution >= 4 is 55.4 Å². The number of methoxy groups -OCH3 is 3. The molecule has 16 nitrogen and oxygen atoms in total. The molecule has 3 heterocycles. The molecule has 0 fully saturated rings. The molecule has 0 radical (unpaired) electrons. The van der Waals surface area contributed by atoms with Crippen molar-refractivity contribution in [2.24, 2.45) is 11.7 Å². The summed E-state index contributed by atoms with van der Waals surface area (Å²) in [6, 6.07) is 5.40. The van der Waals surface area contributed by atoms with Crippen LogP contribution in [0.1, 0.15) is 40.4 Å². The van der Waals surface area contributed by atoms with Crippen molar-refractivity contribution in [3.8, 4) is 23.0 Å². The molecule has 1 unspecified atom stereocenters. The highest BCUT2D eigenvalue weighted by Gasteiger charge is 2.35. The number of amides is 2. The molecule has 1 aliphatic rings. The van der Waals surface area contributed by atoms with Crippen LogP contribution in [0.3, 0.4) is 0 Å². The molecule has 2 aromatic carbocycles. The van der Waals surface area contributed by atoms with Crippen LogP contribution < -0.4 is 30.2 Å². The number of hydrogen-bond acceptors (Lipinski definition) is 12. The van der Waals surface area contributed by atoms with Gasteiger partial charge in [0, 0.05) is 23.3 Å². The molecule has 17 heteroatoms. The first-order chi connectivity index (χ1) is 23.2. The second kappa shape index (κ2) is 13.9. The zero-order valence-electron chi connectivity index (χ0n) is 27.8. The number of aromatic amines is 2. The van der Waals surface area contributed by atoms with Crippen LogP contribution in [0, 0.1) is 5.92 Å². The van der Waals surface area contributed by atoms with Crippen LogP contribution in [0.15, 0.2) is 24.3 Å². The third kappa shape index (κ3) is 7.09. The smallest absolute Gasteiger partial charge is 0.354 e. The highest BCUT2D eigenvalue weighted by atomic mass is 32.2. The molecule has 4 aromatic rings. The van der Waals surface area contributed by atoms with Crippen molar-refractivity contribution in [3.05, 3.63) is 41.2 Å². The van der Waals surface area contributed by atoms with Gasteiger partial charge in [0.2, 0.25) is 11.7 Å². The molecule has 264 valence electrons. The molecule has 2 atom stereocenters. The first kappa shape index (κ1) is 35.3. The molecule has 2 aromatic heterocycles. The Balaban J connectivity index is 1.52. The third-order valence-corrected chi connectivity index (χ3v) is 8.79. The molecular weight excluding hydrogens is 662 g/mol. The average molecular weight is 702 g/mol. The van der Waals surface area contributed by atoms with Crippen molar-refractivity contribution in [1.29, 1.82) is 0 Å². The lowest BCUT2D eigenvalue weighted by molar-refractivity contribution is -0.123. The van der Waals surface area contributed by atoms with Crippen LogP contribution in [-0.4, -0.2) is 101 Å². The lowest BCUT2D eigenvalue weighted by Gasteiger charge is -2.34. The predicted octanol–water partition coefficient (Wildman–Crippen LogP) is 2.18. The number of carbonyl (C=O) groups excluding carboxylic acids is 3. The highest BCUT2D eigenvalue weighted by Crippen LogP contribution is 2.44. The number of ether oxygens (including phenoxy) is 4. The summed E-state index contributed by atoms with van der Waals surface area (Å²) in [5.74, 6) is -1.07. The second-order valence-electron chi connectivity index (χ2n) is 11.9. The number of rotatable bonds is 12. The van der Waals surface area contributed by atoms with Crippen molar-refractivity contribution in [3.63, 3.8) is 0 Å². The molecule has 49 heavy (non-hydrogen) atoms. The van der Waals surface area contributed by atoms with E-state index in [1.54, 1.807) is 12.1 Å². The number of nitrogens with two attached hydrogens (primary N) is 1. The molecule has 1 aliphatic heterocycles. The van der Waals surface area contributed by atoms with E-state index >= 15 is 0 Å². The van der Waals surface area contributed by atoms with Crippen LogP contribution in [0.25, 0.3) is 21.8 Å². The molecule has 0 aliphatic carbocycles. The summed E-state index contributed by atoms with van der Waals surface area (Å²) in [4.78, 5) is 46.0. The minimum atomic E-state index is -3.93. The molecular formula is C32H39N5O11S. The zero-order valence-corrected chi connectivity index (χ0v) is 28.6. The Labute approximate surface area is 281 Å². The van der Waals surface area contributed by atoms with Crippen LogP contribution in [0.2, 0.25) is 0 Å². The number of nitrogens with zero attached hydrogens (tertiary/aromatic N) is 1. The molecule has 2 amide bonds. The Bertz CT molecular complexity index is 2040. The van der Waals surface area contributed by atoms with Gasteiger partial charge in [0.25, 0.3) is 16.0 Å². The number of aromatic hydroxyl groups is 1. The summed E-state index contributed by atoms with van der Waals surface area (Å²) in [7, 11) is 0.155.